The Kier molecular flexibility index (Phi) is 3.12. The van der Waals surface area contributed by atoms with Crippen LogP contribution in [0.25, 0.3) is 0 Å². The molecule has 106 valence electrons. The summed E-state index contributed by atoms with van der Waals surface area (Å²) in [6, 6.07) is 3.89. The van der Waals surface area contributed by atoms with Crippen LogP contribution < -0.4 is 9.64 Å². The second-order valence-corrected chi connectivity index (χ2v) is 5.45. The number of nitrogens with zero attached hydrogens (tertiary/aromatic N) is 1. The Balaban J connectivity index is 2.02. The Hall–Kier alpha value is -2.04. The van der Waals surface area contributed by atoms with Crippen LogP contribution >= 0.6 is 0 Å². The summed E-state index contributed by atoms with van der Waals surface area (Å²) in [5.41, 5.74) is 3.10. The minimum absolute atomic E-state index is 0.0238. The Bertz CT molecular complexity index is 581. The molecule has 1 unspecified atom stereocenters. The van der Waals surface area contributed by atoms with Crippen LogP contribution in [0, 0.1) is 5.92 Å². The summed E-state index contributed by atoms with van der Waals surface area (Å²) in [6.07, 6.45) is 1.61. The minimum atomic E-state index is -0.813. The number of carboxylic acid groups (broad SMARTS) is 1. The molecule has 0 spiro atoms. The molecule has 0 aliphatic carbocycles. The molecule has 0 bridgehead atoms. The van der Waals surface area contributed by atoms with Crippen molar-refractivity contribution in [1.82, 2.24) is 0 Å². The molecule has 20 heavy (non-hydrogen) atoms. The van der Waals surface area contributed by atoms with Gasteiger partial charge in [0.1, 0.15) is 5.75 Å². The first-order valence-corrected chi connectivity index (χ1v) is 6.83. The number of benzene rings is 1. The van der Waals surface area contributed by atoms with Crippen LogP contribution in [0.3, 0.4) is 0 Å². The van der Waals surface area contributed by atoms with E-state index in [4.69, 9.17) is 9.84 Å². The van der Waals surface area contributed by atoms with Crippen molar-refractivity contribution >= 4 is 17.6 Å². The fraction of sp³-hybridized carbons (Fsp3) is 0.467. The van der Waals surface area contributed by atoms with Gasteiger partial charge < -0.3 is 14.7 Å². The molecule has 1 atom stereocenters. The number of amides is 1. The molecule has 3 rings (SSSR count). The van der Waals surface area contributed by atoms with Crippen LogP contribution in [-0.2, 0) is 22.4 Å². The van der Waals surface area contributed by atoms with E-state index in [0.717, 1.165) is 29.0 Å². The molecule has 1 N–H and O–H groups in total. The molecule has 0 radical (unpaired) electrons. The maximum Gasteiger partial charge on any atom is 0.303 e. The van der Waals surface area contributed by atoms with Crippen LogP contribution in [0.1, 0.15) is 24.5 Å². The van der Waals surface area contributed by atoms with Crippen molar-refractivity contribution in [2.75, 3.05) is 18.1 Å². The smallest absolute Gasteiger partial charge is 0.303 e. The molecule has 1 aromatic carbocycles. The number of carbonyl (C=O) groups is 2. The molecular formula is C15H17NO4. The van der Waals surface area contributed by atoms with E-state index in [0.29, 0.717) is 19.6 Å². The highest BCUT2D eigenvalue weighted by atomic mass is 16.5. The summed E-state index contributed by atoms with van der Waals surface area (Å²) >= 11 is 0. The zero-order valence-electron chi connectivity index (χ0n) is 11.4. The monoisotopic (exact) mass is 275 g/mol. The van der Waals surface area contributed by atoms with Gasteiger partial charge in [0, 0.05) is 25.5 Å². The average molecular weight is 275 g/mol. The van der Waals surface area contributed by atoms with Gasteiger partial charge in [0.2, 0.25) is 5.91 Å². The number of hydrogen-bond acceptors (Lipinski definition) is 3. The molecule has 0 fully saturated rings. The normalized spacial score (nSPS) is 20.1. The molecule has 0 aromatic heterocycles. The first-order chi connectivity index (χ1) is 9.56. The minimum Gasteiger partial charge on any atom is -0.493 e. The fourth-order valence-corrected chi connectivity index (χ4v) is 3.20. The van der Waals surface area contributed by atoms with Crippen molar-refractivity contribution in [3.8, 4) is 5.75 Å². The molecule has 5 heteroatoms. The molecule has 1 aromatic rings. The van der Waals surface area contributed by atoms with Crippen molar-refractivity contribution < 1.29 is 19.4 Å². The number of rotatable bonds is 2. The average Bonchev–Trinajstić information content (AvgIpc) is 2.84. The van der Waals surface area contributed by atoms with Crippen LogP contribution in [0.2, 0.25) is 0 Å². The lowest BCUT2D eigenvalue weighted by molar-refractivity contribution is -0.138. The molecule has 5 nitrogen and oxygen atoms in total. The highest BCUT2D eigenvalue weighted by molar-refractivity contribution is 5.94. The lowest BCUT2D eigenvalue weighted by atomic mass is 9.88. The van der Waals surface area contributed by atoms with Crippen molar-refractivity contribution in [3.63, 3.8) is 0 Å². The Morgan fingerprint density at radius 3 is 2.95 bits per heavy atom. The molecule has 0 saturated carbocycles. The summed E-state index contributed by atoms with van der Waals surface area (Å²) < 4.78 is 5.55. The predicted octanol–water partition coefficient (Wildman–Crippen LogP) is 1.62. The van der Waals surface area contributed by atoms with E-state index < -0.39 is 5.97 Å². The van der Waals surface area contributed by atoms with Crippen LogP contribution in [0.4, 0.5) is 5.69 Å². The van der Waals surface area contributed by atoms with E-state index in [1.165, 1.54) is 6.92 Å². The number of aliphatic carboxylic acids is 1. The SMILES string of the molecule is CC(=O)N1CC(CC(=O)O)Cc2ccc3c(c21)CCO3. The molecule has 1 amide bonds. The number of carbonyl (C=O) groups excluding carboxylic acids is 1. The number of carboxylic acids is 1. The summed E-state index contributed by atoms with van der Waals surface area (Å²) in [6.45, 7) is 2.66. The number of ether oxygens (including phenoxy) is 1. The van der Waals surface area contributed by atoms with Crippen LogP contribution in [0.15, 0.2) is 12.1 Å². The third-order valence-electron chi connectivity index (χ3n) is 4.00. The van der Waals surface area contributed by atoms with Crippen LogP contribution in [0.5, 0.6) is 5.75 Å². The summed E-state index contributed by atoms with van der Waals surface area (Å²) in [4.78, 5) is 24.6. The third-order valence-corrected chi connectivity index (χ3v) is 4.00. The first kappa shape index (κ1) is 13.0. The van der Waals surface area contributed by atoms with E-state index in [-0.39, 0.29) is 18.2 Å². The first-order valence-electron chi connectivity index (χ1n) is 6.83. The summed E-state index contributed by atoms with van der Waals surface area (Å²) in [5.74, 6) is -0.0240. The predicted molar refractivity (Wildman–Crippen MR) is 73.1 cm³/mol. The zero-order valence-corrected chi connectivity index (χ0v) is 11.4. The second kappa shape index (κ2) is 4.81. The van der Waals surface area contributed by atoms with Gasteiger partial charge in [-0.15, -0.1) is 0 Å². The maximum atomic E-state index is 11.9. The van der Waals surface area contributed by atoms with Gasteiger partial charge >= 0.3 is 5.97 Å². The lowest BCUT2D eigenvalue weighted by Gasteiger charge is -2.34. The van der Waals surface area contributed by atoms with Gasteiger partial charge in [0.05, 0.1) is 18.7 Å². The fourth-order valence-electron chi connectivity index (χ4n) is 3.20. The Morgan fingerprint density at radius 2 is 2.25 bits per heavy atom. The largest absolute Gasteiger partial charge is 0.493 e. The second-order valence-electron chi connectivity index (χ2n) is 5.45. The molecule has 0 saturated heterocycles. The number of fused-ring (bicyclic) bond motifs is 3. The Labute approximate surface area is 117 Å². The highest BCUT2D eigenvalue weighted by Crippen LogP contribution is 2.41. The van der Waals surface area contributed by atoms with Gasteiger partial charge in [-0.2, -0.15) is 0 Å². The van der Waals surface area contributed by atoms with Gasteiger partial charge in [-0.3, -0.25) is 9.59 Å². The lowest BCUT2D eigenvalue weighted by Crippen LogP contribution is -2.40. The van der Waals surface area contributed by atoms with E-state index >= 15 is 0 Å². The molecular weight excluding hydrogens is 258 g/mol. The Morgan fingerprint density at radius 1 is 1.45 bits per heavy atom. The quantitative estimate of drug-likeness (QED) is 0.890. The van der Waals surface area contributed by atoms with Crippen LogP contribution in [-0.4, -0.2) is 30.1 Å². The van der Waals surface area contributed by atoms with E-state index in [9.17, 15) is 9.59 Å². The standard InChI is InChI=1S/C15H17NO4/c1-9(17)16-8-10(7-14(18)19)6-11-2-3-13-12(15(11)16)4-5-20-13/h2-3,10H,4-8H2,1H3,(H,18,19). The van der Waals surface area contributed by atoms with Crippen molar-refractivity contribution in [3.05, 3.63) is 23.3 Å². The molecule has 2 heterocycles. The summed E-state index contributed by atoms with van der Waals surface area (Å²) in [7, 11) is 0. The van der Waals surface area contributed by atoms with Crippen molar-refractivity contribution in [1.29, 1.82) is 0 Å². The topological polar surface area (TPSA) is 66.8 Å². The van der Waals surface area contributed by atoms with Gasteiger partial charge in [-0.25, -0.2) is 0 Å². The number of anilines is 1. The number of hydrogen-bond donors (Lipinski definition) is 1. The van der Waals surface area contributed by atoms with Gasteiger partial charge in [-0.1, -0.05) is 6.07 Å². The van der Waals surface area contributed by atoms with Gasteiger partial charge in [0.25, 0.3) is 0 Å². The molecule has 2 aliphatic rings. The zero-order chi connectivity index (χ0) is 14.3. The van der Waals surface area contributed by atoms with Crippen molar-refractivity contribution in [2.45, 2.75) is 26.2 Å². The highest BCUT2D eigenvalue weighted by Gasteiger charge is 2.32. The maximum absolute atomic E-state index is 11.9. The third kappa shape index (κ3) is 2.13. The summed E-state index contributed by atoms with van der Waals surface area (Å²) in [5, 5.41) is 8.97. The van der Waals surface area contributed by atoms with Gasteiger partial charge in [-0.05, 0) is 24.0 Å². The molecule has 2 aliphatic heterocycles. The van der Waals surface area contributed by atoms with E-state index in [2.05, 4.69) is 0 Å². The van der Waals surface area contributed by atoms with Gasteiger partial charge in [0.15, 0.2) is 0 Å². The van der Waals surface area contributed by atoms with E-state index in [1.54, 1.807) is 4.90 Å². The van der Waals surface area contributed by atoms with Crippen molar-refractivity contribution in [2.24, 2.45) is 5.92 Å². The van der Waals surface area contributed by atoms with E-state index in [1.807, 2.05) is 12.1 Å².